The number of halogens is 1. The fourth-order valence-electron chi connectivity index (χ4n) is 4.01. The van der Waals surface area contributed by atoms with Gasteiger partial charge in [-0.2, -0.15) is 0 Å². The molecule has 0 amide bonds. The highest BCUT2D eigenvalue weighted by Crippen LogP contribution is 2.49. The SMILES string of the molecule is NC(Cc1cncc(Br)c1)CC1CC2CCC1C2. The molecule has 2 nitrogen and oxygen atoms in total. The van der Waals surface area contributed by atoms with Crippen LogP contribution in [0.3, 0.4) is 0 Å². The first-order valence-corrected chi connectivity index (χ1v) is 7.85. The first-order chi connectivity index (χ1) is 8.70. The van der Waals surface area contributed by atoms with Gasteiger partial charge in [0.25, 0.3) is 0 Å². The monoisotopic (exact) mass is 308 g/mol. The fraction of sp³-hybridized carbons (Fsp3) is 0.667. The number of hydrogen-bond acceptors (Lipinski definition) is 2. The highest BCUT2D eigenvalue weighted by molar-refractivity contribution is 9.10. The number of hydrogen-bond donors (Lipinski definition) is 1. The molecule has 0 aromatic carbocycles. The van der Waals surface area contributed by atoms with Gasteiger partial charge in [-0.25, -0.2) is 0 Å². The second-order valence-electron chi connectivity index (χ2n) is 6.15. The highest BCUT2D eigenvalue weighted by Gasteiger charge is 2.39. The molecule has 0 spiro atoms. The van der Waals surface area contributed by atoms with Crippen molar-refractivity contribution in [3.05, 3.63) is 28.5 Å². The van der Waals surface area contributed by atoms with E-state index in [2.05, 4.69) is 27.0 Å². The predicted octanol–water partition coefficient (Wildman–Crippen LogP) is 3.54. The summed E-state index contributed by atoms with van der Waals surface area (Å²) in [6.07, 6.45) is 11.8. The Morgan fingerprint density at radius 3 is 2.89 bits per heavy atom. The van der Waals surface area contributed by atoms with Gasteiger partial charge in [0.05, 0.1) is 0 Å². The lowest BCUT2D eigenvalue weighted by atomic mass is 9.83. The van der Waals surface area contributed by atoms with E-state index in [4.69, 9.17) is 5.73 Å². The Bertz CT molecular complexity index is 421. The minimum absolute atomic E-state index is 0.297. The molecule has 3 rings (SSSR count). The summed E-state index contributed by atoms with van der Waals surface area (Å²) in [5.41, 5.74) is 7.57. The molecular formula is C15H21BrN2. The second-order valence-corrected chi connectivity index (χ2v) is 7.06. The van der Waals surface area contributed by atoms with Crippen LogP contribution in [-0.2, 0) is 6.42 Å². The lowest BCUT2D eigenvalue weighted by Crippen LogP contribution is -2.28. The van der Waals surface area contributed by atoms with Crippen LogP contribution in [0.2, 0.25) is 0 Å². The van der Waals surface area contributed by atoms with Gasteiger partial charge in [-0.15, -0.1) is 0 Å². The Morgan fingerprint density at radius 2 is 2.22 bits per heavy atom. The van der Waals surface area contributed by atoms with Crippen LogP contribution in [-0.4, -0.2) is 11.0 Å². The van der Waals surface area contributed by atoms with Crippen molar-refractivity contribution >= 4 is 15.9 Å². The molecule has 0 saturated heterocycles. The average molecular weight is 309 g/mol. The van der Waals surface area contributed by atoms with Gasteiger partial charge >= 0.3 is 0 Å². The molecule has 98 valence electrons. The molecule has 18 heavy (non-hydrogen) atoms. The molecule has 4 unspecified atom stereocenters. The van der Waals surface area contributed by atoms with Crippen LogP contribution in [0.25, 0.3) is 0 Å². The van der Waals surface area contributed by atoms with Gasteiger partial charge in [-0.1, -0.05) is 6.42 Å². The average Bonchev–Trinajstić information content (AvgIpc) is 2.90. The van der Waals surface area contributed by atoms with Gasteiger partial charge in [-0.05, 0) is 77.4 Å². The predicted molar refractivity (Wildman–Crippen MR) is 77.2 cm³/mol. The van der Waals surface area contributed by atoms with E-state index in [9.17, 15) is 0 Å². The summed E-state index contributed by atoms with van der Waals surface area (Å²) < 4.78 is 1.05. The summed E-state index contributed by atoms with van der Waals surface area (Å²) >= 11 is 3.46. The maximum Gasteiger partial charge on any atom is 0.0410 e. The largest absolute Gasteiger partial charge is 0.327 e. The van der Waals surface area contributed by atoms with Crippen molar-refractivity contribution in [2.24, 2.45) is 23.5 Å². The number of aromatic nitrogens is 1. The van der Waals surface area contributed by atoms with Crippen molar-refractivity contribution in [3.63, 3.8) is 0 Å². The van der Waals surface area contributed by atoms with E-state index in [1.54, 1.807) is 0 Å². The molecule has 3 heteroatoms. The van der Waals surface area contributed by atoms with Gasteiger partial charge in [0.15, 0.2) is 0 Å². The highest BCUT2D eigenvalue weighted by atomic mass is 79.9. The first kappa shape index (κ1) is 12.6. The molecule has 1 aromatic heterocycles. The van der Waals surface area contributed by atoms with E-state index in [1.165, 1.54) is 37.7 Å². The number of nitrogens with zero attached hydrogens (tertiary/aromatic N) is 1. The zero-order valence-corrected chi connectivity index (χ0v) is 12.3. The standard InChI is InChI=1S/C15H21BrN2/c16-14-5-11(8-18-9-14)6-15(17)7-13-4-10-1-2-12(13)3-10/h5,8-10,12-13,15H,1-4,6-7,17H2. The summed E-state index contributed by atoms with van der Waals surface area (Å²) in [5, 5.41) is 0. The maximum atomic E-state index is 6.32. The first-order valence-electron chi connectivity index (χ1n) is 7.05. The van der Waals surface area contributed by atoms with E-state index < -0.39 is 0 Å². The number of pyridine rings is 1. The van der Waals surface area contributed by atoms with Crippen LogP contribution in [0.4, 0.5) is 0 Å². The minimum Gasteiger partial charge on any atom is -0.327 e. The lowest BCUT2D eigenvalue weighted by molar-refractivity contribution is 0.294. The van der Waals surface area contributed by atoms with Crippen molar-refractivity contribution in [2.75, 3.05) is 0 Å². The summed E-state index contributed by atoms with van der Waals surface area (Å²) in [4.78, 5) is 4.20. The molecule has 2 saturated carbocycles. The Balaban J connectivity index is 1.54. The molecule has 2 fully saturated rings. The Kier molecular flexibility index (Phi) is 3.71. The van der Waals surface area contributed by atoms with Gasteiger partial charge < -0.3 is 5.73 Å². The fourth-order valence-corrected chi connectivity index (χ4v) is 4.42. The molecule has 0 radical (unpaired) electrons. The minimum atomic E-state index is 0.297. The number of nitrogens with two attached hydrogens (primary N) is 1. The normalized spacial score (nSPS) is 31.8. The van der Waals surface area contributed by atoms with Crippen molar-refractivity contribution in [1.29, 1.82) is 0 Å². The van der Waals surface area contributed by atoms with Crippen LogP contribution in [0.1, 0.15) is 37.7 Å². The maximum absolute atomic E-state index is 6.32. The quantitative estimate of drug-likeness (QED) is 0.924. The molecular weight excluding hydrogens is 288 g/mol. The van der Waals surface area contributed by atoms with Crippen LogP contribution in [0, 0.1) is 17.8 Å². The smallest absolute Gasteiger partial charge is 0.0410 e. The third kappa shape index (κ3) is 2.77. The van der Waals surface area contributed by atoms with Crippen molar-refractivity contribution < 1.29 is 0 Å². The zero-order valence-electron chi connectivity index (χ0n) is 10.7. The molecule has 2 aliphatic carbocycles. The van der Waals surface area contributed by atoms with Gasteiger partial charge in [0, 0.05) is 22.9 Å². The molecule has 4 atom stereocenters. The molecule has 1 aromatic rings. The van der Waals surface area contributed by atoms with Crippen LogP contribution < -0.4 is 5.73 Å². The van der Waals surface area contributed by atoms with Crippen molar-refractivity contribution in [3.8, 4) is 0 Å². The van der Waals surface area contributed by atoms with Crippen LogP contribution in [0.15, 0.2) is 22.9 Å². The van der Waals surface area contributed by atoms with Gasteiger partial charge in [0.1, 0.15) is 0 Å². The van der Waals surface area contributed by atoms with Gasteiger partial charge in [0.2, 0.25) is 0 Å². The topological polar surface area (TPSA) is 38.9 Å². The summed E-state index contributed by atoms with van der Waals surface area (Å²) in [6.45, 7) is 0. The van der Waals surface area contributed by atoms with Crippen molar-refractivity contribution in [2.45, 2.75) is 44.6 Å². The molecule has 2 aliphatic rings. The van der Waals surface area contributed by atoms with E-state index in [0.29, 0.717) is 6.04 Å². The Hall–Kier alpha value is -0.410. The third-order valence-electron chi connectivity index (χ3n) is 4.75. The summed E-state index contributed by atoms with van der Waals surface area (Å²) in [6, 6.07) is 2.43. The van der Waals surface area contributed by atoms with Crippen LogP contribution >= 0.6 is 15.9 Å². The summed E-state index contributed by atoms with van der Waals surface area (Å²) in [7, 11) is 0. The van der Waals surface area contributed by atoms with Crippen LogP contribution in [0.5, 0.6) is 0 Å². The molecule has 2 N–H and O–H groups in total. The van der Waals surface area contributed by atoms with E-state index in [1.807, 2.05) is 12.4 Å². The summed E-state index contributed by atoms with van der Waals surface area (Å²) in [5.74, 6) is 2.92. The van der Waals surface area contributed by atoms with E-state index in [0.717, 1.165) is 28.6 Å². The Morgan fingerprint density at radius 1 is 1.33 bits per heavy atom. The zero-order chi connectivity index (χ0) is 12.5. The van der Waals surface area contributed by atoms with E-state index in [-0.39, 0.29) is 0 Å². The third-order valence-corrected chi connectivity index (χ3v) is 5.18. The molecule has 2 bridgehead atoms. The second kappa shape index (κ2) is 5.30. The lowest BCUT2D eigenvalue weighted by Gasteiger charge is -2.24. The molecule has 1 heterocycles. The van der Waals surface area contributed by atoms with E-state index >= 15 is 0 Å². The number of rotatable bonds is 4. The molecule has 0 aliphatic heterocycles. The number of fused-ring (bicyclic) bond motifs is 2. The Labute approximate surface area is 117 Å². The van der Waals surface area contributed by atoms with Gasteiger partial charge in [-0.3, -0.25) is 4.98 Å². The van der Waals surface area contributed by atoms with Crippen molar-refractivity contribution in [1.82, 2.24) is 4.98 Å².